The summed E-state index contributed by atoms with van der Waals surface area (Å²) in [5, 5.41) is 10.4. The third kappa shape index (κ3) is 4.97. The molecule has 0 fully saturated rings. The van der Waals surface area contributed by atoms with E-state index in [4.69, 9.17) is 25.8 Å². The number of ether oxygens (including phenoxy) is 3. The molecule has 1 N–H and O–H groups in total. The van der Waals surface area contributed by atoms with Crippen molar-refractivity contribution in [2.45, 2.75) is 37.9 Å². The first-order chi connectivity index (χ1) is 23.9. The molecule has 16 heteroatoms. The van der Waals surface area contributed by atoms with E-state index < -0.39 is 40.5 Å². The number of methoxy groups -OCH3 is 3. The van der Waals surface area contributed by atoms with Crippen LogP contribution in [0.1, 0.15) is 29.6 Å². The number of aromatic nitrogens is 5. The van der Waals surface area contributed by atoms with Crippen molar-refractivity contribution < 1.29 is 28.9 Å². The van der Waals surface area contributed by atoms with Crippen molar-refractivity contribution >= 4 is 50.1 Å². The number of phenols is 1. The molecule has 0 radical (unpaired) electrons. The maximum absolute atomic E-state index is 14.1. The molecule has 0 saturated heterocycles. The number of aryl methyl sites for hydroxylation is 2. The van der Waals surface area contributed by atoms with E-state index in [1.807, 2.05) is 0 Å². The van der Waals surface area contributed by atoms with Crippen LogP contribution < -0.4 is 31.1 Å². The van der Waals surface area contributed by atoms with Crippen molar-refractivity contribution in [1.82, 2.24) is 23.5 Å². The lowest BCUT2D eigenvalue weighted by Gasteiger charge is -2.39. The number of ketones is 2. The van der Waals surface area contributed by atoms with E-state index in [9.17, 15) is 29.1 Å². The minimum absolute atomic E-state index is 0.00570. The number of benzene rings is 2. The molecule has 2 unspecified atom stereocenters. The molecule has 2 aromatic heterocycles. The second-order valence-corrected chi connectivity index (χ2v) is 13.3. The lowest BCUT2D eigenvalue weighted by Crippen LogP contribution is -2.40. The van der Waals surface area contributed by atoms with Gasteiger partial charge in [-0.15, -0.1) is 0 Å². The molecule has 50 heavy (non-hydrogen) atoms. The quantitative estimate of drug-likeness (QED) is 0.218. The van der Waals surface area contributed by atoms with Gasteiger partial charge in [0.2, 0.25) is 0 Å². The molecule has 4 aromatic rings. The molecule has 2 aromatic carbocycles. The molecule has 1 aliphatic heterocycles. The van der Waals surface area contributed by atoms with Crippen LogP contribution in [0, 0.1) is 0 Å². The molecule has 258 valence electrons. The van der Waals surface area contributed by atoms with Gasteiger partial charge >= 0.3 is 11.4 Å². The van der Waals surface area contributed by atoms with Gasteiger partial charge in [0.05, 0.1) is 54.5 Å². The first-order valence-corrected chi connectivity index (χ1v) is 16.6. The Balaban J connectivity index is 1.31. The van der Waals surface area contributed by atoms with Gasteiger partial charge in [0.15, 0.2) is 34.6 Å². The van der Waals surface area contributed by atoms with Crippen LogP contribution in [0.3, 0.4) is 0 Å². The highest BCUT2D eigenvalue weighted by molar-refractivity contribution is 9.12. The van der Waals surface area contributed by atoms with Gasteiger partial charge in [-0.05, 0) is 39.2 Å². The van der Waals surface area contributed by atoms with E-state index >= 15 is 0 Å². The van der Waals surface area contributed by atoms with Crippen LogP contribution >= 0.6 is 27.5 Å². The molecule has 2 atom stereocenters. The number of phenolic OH excluding ortho intramolecular Hbond substituents is 1. The number of hydrogen-bond acceptors (Lipinski definition) is 10. The Morgan fingerprint density at radius 3 is 2.38 bits per heavy atom. The molecule has 0 spiro atoms. The van der Waals surface area contributed by atoms with E-state index in [0.717, 1.165) is 4.57 Å². The summed E-state index contributed by atoms with van der Waals surface area (Å²) in [6.45, 7) is -0.157. The smallest absolute Gasteiger partial charge is 0.347 e. The molecular weight excluding hydrogens is 738 g/mol. The number of hydrogen-bond donors (Lipinski definition) is 1. The molecule has 0 bridgehead atoms. The highest BCUT2D eigenvalue weighted by Crippen LogP contribution is 2.51. The van der Waals surface area contributed by atoms with E-state index in [1.165, 1.54) is 53.5 Å². The minimum Gasteiger partial charge on any atom is -0.503 e. The Morgan fingerprint density at radius 2 is 1.68 bits per heavy atom. The standard InChI is InChI=1S/C34H29BrClN5O9/c1-38-23-14-26(49-3)25(48-2)13-21(23)37-20(32(38)45)6-7-39-33(46)40-8-5-16-22(41(40)34(39)47)11-17-29(24(42)12-18(35)30(17)43)28(16)15-9-19(36)31(44)27(10-15)50-4/h5,9-10,12-14,22,28,44H,6-8,11H2,1-4H3. The maximum atomic E-state index is 14.1. The van der Waals surface area contributed by atoms with Crippen LogP contribution in [-0.2, 0) is 36.1 Å². The average molecular weight is 767 g/mol. The van der Waals surface area contributed by atoms with Gasteiger partial charge in [0.1, 0.15) is 5.69 Å². The molecule has 7 rings (SSSR count). The Morgan fingerprint density at radius 1 is 0.980 bits per heavy atom. The molecule has 0 saturated carbocycles. The van der Waals surface area contributed by atoms with Crippen LogP contribution in [0.15, 0.2) is 72.0 Å². The largest absolute Gasteiger partial charge is 0.503 e. The van der Waals surface area contributed by atoms with Gasteiger partial charge < -0.3 is 23.9 Å². The van der Waals surface area contributed by atoms with Crippen molar-refractivity contribution in [3.05, 3.63) is 105 Å². The van der Waals surface area contributed by atoms with E-state index in [1.54, 1.807) is 25.3 Å². The summed E-state index contributed by atoms with van der Waals surface area (Å²) in [5.41, 5.74) is 0.931. The first kappa shape index (κ1) is 33.4. The second kappa shape index (κ2) is 12.3. The maximum Gasteiger partial charge on any atom is 0.347 e. The Hall–Kier alpha value is -5.15. The Labute approximate surface area is 296 Å². The van der Waals surface area contributed by atoms with E-state index in [2.05, 4.69) is 20.9 Å². The Bertz CT molecular complexity index is 2470. The number of carbonyl (C=O) groups is 2. The third-order valence-electron chi connectivity index (χ3n) is 9.50. The molecule has 0 amide bonds. The van der Waals surface area contributed by atoms with Crippen molar-refractivity contribution in [2.75, 3.05) is 21.3 Å². The fourth-order valence-corrected chi connectivity index (χ4v) is 7.77. The first-order valence-electron chi connectivity index (χ1n) is 15.4. The summed E-state index contributed by atoms with van der Waals surface area (Å²) in [7, 11) is 5.93. The number of halogens is 2. The number of fused-ring (bicyclic) bond motifs is 4. The summed E-state index contributed by atoms with van der Waals surface area (Å²) >= 11 is 9.57. The SMILES string of the molecule is COc1cc2nc(CCn3c(=O)n4n(c3=O)C3CC5=C(C(=O)C=C(Br)C5=O)C(c5cc(Cl)c(O)c(OC)c5)C3=CC4)c(=O)n(C)c2cc1OC. The van der Waals surface area contributed by atoms with Crippen molar-refractivity contribution in [3.63, 3.8) is 0 Å². The molecule has 3 aliphatic rings. The molecular formula is C34H29BrClN5O9. The fourth-order valence-electron chi connectivity index (χ4n) is 7.10. The van der Waals surface area contributed by atoms with Gasteiger partial charge in [-0.3, -0.25) is 14.4 Å². The van der Waals surface area contributed by atoms with Crippen LogP contribution in [0.5, 0.6) is 23.0 Å². The van der Waals surface area contributed by atoms with Crippen molar-refractivity contribution in [2.24, 2.45) is 7.05 Å². The van der Waals surface area contributed by atoms with Crippen LogP contribution in [0.25, 0.3) is 11.0 Å². The zero-order valence-electron chi connectivity index (χ0n) is 27.2. The summed E-state index contributed by atoms with van der Waals surface area (Å²) in [4.78, 5) is 72.8. The van der Waals surface area contributed by atoms with Gasteiger partial charge in [-0.25, -0.2) is 28.5 Å². The lowest BCUT2D eigenvalue weighted by atomic mass is 9.69. The third-order valence-corrected chi connectivity index (χ3v) is 10.4. The minimum atomic E-state index is -0.844. The second-order valence-electron chi connectivity index (χ2n) is 12.0. The number of allylic oxidation sites excluding steroid dienone is 6. The van der Waals surface area contributed by atoms with Gasteiger partial charge in [-0.2, -0.15) is 0 Å². The predicted molar refractivity (Wildman–Crippen MR) is 185 cm³/mol. The monoisotopic (exact) mass is 765 g/mol. The number of aromatic hydroxyl groups is 1. The zero-order chi connectivity index (χ0) is 35.8. The summed E-state index contributed by atoms with van der Waals surface area (Å²) in [6, 6.07) is 5.49. The predicted octanol–water partition coefficient (Wildman–Crippen LogP) is 3.08. The number of carbonyl (C=O) groups excluding carboxylic acids is 2. The molecule has 14 nitrogen and oxygen atoms in total. The number of Topliss-reactive ketones (excluding diaryl/α,β-unsaturated/α-hetero) is 1. The topological polar surface area (TPSA) is 166 Å². The zero-order valence-corrected chi connectivity index (χ0v) is 29.5. The molecule has 2 aliphatic carbocycles. The summed E-state index contributed by atoms with van der Waals surface area (Å²) in [5.74, 6) is -1.03. The van der Waals surface area contributed by atoms with Crippen molar-refractivity contribution in [1.29, 1.82) is 0 Å². The highest BCUT2D eigenvalue weighted by atomic mass is 79.9. The van der Waals surface area contributed by atoms with Gasteiger partial charge in [0.25, 0.3) is 5.56 Å². The number of rotatable bonds is 7. The average Bonchev–Trinajstić information content (AvgIpc) is 3.36. The normalized spacial score (nSPS) is 18.4. The summed E-state index contributed by atoms with van der Waals surface area (Å²) < 4.78 is 21.2. The van der Waals surface area contributed by atoms with E-state index in [0.29, 0.717) is 33.7 Å². The van der Waals surface area contributed by atoms with E-state index in [-0.39, 0.29) is 63.8 Å². The Kier molecular flexibility index (Phi) is 8.22. The lowest BCUT2D eigenvalue weighted by molar-refractivity contribution is -0.115. The summed E-state index contributed by atoms with van der Waals surface area (Å²) in [6.07, 6.45) is 2.92. The van der Waals surface area contributed by atoms with Crippen molar-refractivity contribution in [3.8, 4) is 23.0 Å². The van der Waals surface area contributed by atoms with Crippen LogP contribution in [0.2, 0.25) is 5.02 Å². The van der Waals surface area contributed by atoms with Crippen LogP contribution in [-0.4, -0.2) is 61.5 Å². The fraction of sp³-hybridized carbons (Fsp3) is 0.294. The molecule has 3 heterocycles. The van der Waals surface area contributed by atoms with Gasteiger partial charge in [0, 0.05) is 61.7 Å². The van der Waals surface area contributed by atoms with Gasteiger partial charge in [-0.1, -0.05) is 17.7 Å². The van der Waals surface area contributed by atoms with Crippen LogP contribution in [0.4, 0.5) is 0 Å². The number of nitrogens with zero attached hydrogens (tertiary/aromatic N) is 5. The highest BCUT2D eigenvalue weighted by Gasteiger charge is 2.45.